The molecule has 10 aromatic rings. The van der Waals surface area contributed by atoms with E-state index < -0.39 is 0 Å². The summed E-state index contributed by atoms with van der Waals surface area (Å²) in [7, 11) is 0. The standard InChI is InChI=1S/C47H29N5/c48-29-31-11-10-14-33(25-31)36-19-22-39-40-26-34(20-23-42(40)51(44(39)28-36)37-15-6-2-7-16-37)35-21-24-43-41(27-35)46-45(52(43)38-17-8-3-9-18-38)30-49-47(50-46)32-12-4-1-5-13-32/h1-28,30H. The van der Waals surface area contributed by atoms with E-state index >= 15 is 0 Å². The average Bonchev–Trinajstić information content (AvgIpc) is 3.73. The van der Waals surface area contributed by atoms with Crippen LogP contribution in [0.5, 0.6) is 0 Å². The molecule has 7 aromatic carbocycles. The molecule has 0 amide bonds. The van der Waals surface area contributed by atoms with Crippen LogP contribution in [0.4, 0.5) is 0 Å². The van der Waals surface area contributed by atoms with Gasteiger partial charge in [0.25, 0.3) is 0 Å². The molecule has 242 valence electrons. The lowest BCUT2D eigenvalue weighted by Crippen LogP contribution is -1.95. The molecule has 3 aromatic heterocycles. The molecule has 0 aliphatic heterocycles. The summed E-state index contributed by atoms with van der Waals surface area (Å²) in [6.45, 7) is 0. The fraction of sp³-hybridized carbons (Fsp3) is 0. The van der Waals surface area contributed by atoms with Crippen LogP contribution in [0.25, 0.3) is 88.8 Å². The van der Waals surface area contributed by atoms with Gasteiger partial charge in [0.05, 0.1) is 39.9 Å². The third-order valence-electron chi connectivity index (χ3n) is 9.99. The van der Waals surface area contributed by atoms with E-state index in [9.17, 15) is 5.26 Å². The fourth-order valence-corrected chi connectivity index (χ4v) is 7.55. The Labute approximate surface area is 299 Å². The SMILES string of the molecule is N#Cc1cccc(-c2ccc3c4cc(-c5ccc6c(c5)c5nc(-c7ccccc7)ncc5n6-c5ccccc5)ccc4n(-c4ccccc4)c3c2)c1. The predicted molar refractivity (Wildman–Crippen MR) is 212 cm³/mol. The fourth-order valence-electron chi connectivity index (χ4n) is 7.55. The van der Waals surface area contributed by atoms with E-state index in [-0.39, 0.29) is 0 Å². The Balaban J connectivity index is 1.18. The third kappa shape index (κ3) is 4.78. The summed E-state index contributed by atoms with van der Waals surface area (Å²) in [6.07, 6.45) is 1.95. The minimum atomic E-state index is 0.650. The van der Waals surface area contributed by atoms with E-state index in [1.54, 1.807) is 0 Å². The molecular weight excluding hydrogens is 635 g/mol. The molecule has 0 unspecified atom stereocenters. The van der Waals surface area contributed by atoms with Crippen molar-refractivity contribution < 1.29 is 0 Å². The minimum Gasteiger partial charge on any atom is -0.309 e. The first-order chi connectivity index (χ1) is 25.7. The molecule has 10 rings (SSSR count). The maximum atomic E-state index is 9.55. The molecule has 3 heterocycles. The molecule has 0 saturated carbocycles. The second-order valence-corrected chi connectivity index (χ2v) is 13.0. The number of para-hydroxylation sites is 2. The van der Waals surface area contributed by atoms with Gasteiger partial charge in [-0.2, -0.15) is 5.26 Å². The summed E-state index contributed by atoms with van der Waals surface area (Å²) < 4.78 is 4.59. The monoisotopic (exact) mass is 663 g/mol. The summed E-state index contributed by atoms with van der Waals surface area (Å²) in [6, 6.07) is 61.3. The second-order valence-electron chi connectivity index (χ2n) is 13.0. The maximum absolute atomic E-state index is 9.55. The summed E-state index contributed by atoms with van der Waals surface area (Å²) in [5.41, 5.74) is 13.4. The Morgan fingerprint density at radius 3 is 1.67 bits per heavy atom. The lowest BCUT2D eigenvalue weighted by Gasteiger charge is -2.09. The Hall–Kier alpha value is -7.29. The first-order valence-electron chi connectivity index (χ1n) is 17.3. The van der Waals surface area contributed by atoms with Gasteiger partial charge in [0.15, 0.2) is 5.82 Å². The summed E-state index contributed by atoms with van der Waals surface area (Å²) in [5, 5.41) is 13.0. The quantitative estimate of drug-likeness (QED) is 0.184. The maximum Gasteiger partial charge on any atom is 0.159 e. The van der Waals surface area contributed by atoms with Crippen LogP contribution in [0.2, 0.25) is 0 Å². The van der Waals surface area contributed by atoms with Crippen LogP contribution >= 0.6 is 0 Å². The highest BCUT2D eigenvalue weighted by Gasteiger charge is 2.18. The molecule has 0 bridgehead atoms. The van der Waals surface area contributed by atoms with Gasteiger partial charge in [-0.1, -0.05) is 103 Å². The van der Waals surface area contributed by atoms with E-state index in [0.717, 1.165) is 72.2 Å². The van der Waals surface area contributed by atoms with Crippen molar-refractivity contribution in [2.75, 3.05) is 0 Å². The predicted octanol–water partition coefficient (Wildman–Crippen LogP) is 11.5. The third-order valence-corrected chi connectivity index (χ3v) is 9.99. The van der Waals surface area contributed by atoms with Gasteiger partial charge in [0, 0.05) is 33.1 Å². The molecule has 0 aliphatic rings. The van der Waals surface area contributed by atoms with Crippen LogP contribution in [-0.4, -0.2) is 19.1 Å². The van der Waals surface area contributed by atoms with Crippen LogP contribution in [0.3, 0.4) is 0 Å². The zero-order valence-electron chi connectivity index (χ0n) is 28.0. The Bertz CT molecular complexity index is 3010. The molecule has 52 heavy (non-hydrogen) atoms. The number of hydrogen-bond donors (Lipinski definition) is 0. The van der Waals surface area contributed by atoms with Crippen LogP contribution in [-0.2, 0) is 0 Å². The highest BCUT2D eigenvalue weighted by atomic mass is 15.0. The van der Waals surface area contributed by atoms with Crippen molar-refractivity contribution >= 4 is 43.7 Å². The molecular formula is C47H29N5. The first-order valence-corrected chi connectivity index (χ1v) is 17.3. The average molecular weight is 664 g/mol. The van der Waals surface area contributed by atoms with E-state index in [1.807, 2.05) is 54.7 Å². The number of hydrogen-bond acceptors (Lipinski definition) is 3. The molecule has 5 heteroatoms. The van der Waals surface area contributed by atoms with Crippen molar-refractivity contribution in [1.82, 2.24) is 19.1 Å². The topological polar surface area (TPSA) is 59.4 Å². The lowest BCUT2D eigenvalue weighted by molar-refractivity contribution is 1.15. The van der Waals surface area contributed by atoms with E-state index in [2.05, 4.69) is 137 Å². The number of nitriles is 1. The highest BCUT2D eigenvalue weighted by Crippen LogP contribution is 2.39. The zero-order valence-corrected chi connectivity index (χ0v) is 28.0. The van der Waals surface area contributed by atoms with Gasteiger partial charge in [0.2, 0.25) is 0 Å². The molecule has 0 fully saturated rings. The largest absolute Gasteiger partial charge is 0.309 e. The van der Waals surface area contributed by atoms with Gasteiger partial charge in [-0.05, 0) is 89.0 Å². The Morgan fingerprint density at radius 1 is 0.423 bits per heavy atom. The molecule has 0 atom stereocenters. The smallest absolute Gasteiger partial charge is 0.159 e. The Morgan fingerprint density at radius 2 is 0.981 bits per heavy atom. The van der Waals surface area contributed by atoms with Crippen molar-refractivity contribution in [3.63, 3.8) is 0 Å². The van der Waals surface area contributed by atoms with Crippen molar-refractivity contribution in [3.05, 3.63) is 182 Å². The minimum absolute atomic E-state index is 0.650. The first kappa shape index (κ1) is 29.6. The zero-order chi connectivity index (χ0) is 34.6. The normalized spacial score (nSPS) is 11.4. The molecule has 0 N–H and O–H groups in total. The van der Waals surface area contributed by atoms with E-state index in [0.29, 0.717) is 11.4 Å². The van der Waals surface area contributed by atoms with Crippen LogP contribution in [0, 0.1) is 11.3 Å². The van der Waals surface area contributed by atoms with Crippen molar-refractivity contribution in [2.45, 2.75) is 0 Å². The van der Waals surface area contributed by atoms with Crippen molar-refractivity contribution in [3.8, 4) is 51.1 Å². The molecule has 0 aliphatic carbocycles. The van der Waals surface area contributed by atoms with E-state index in [4.69, 9.17) is 9.97 Å². The summed E-state index contributed by atoms with van der Waals surface area (Å²) in [5.74, 6) is 0.708. The molecule has 0 radical (unpaired) electrons. The van der Waals surface area contributed by atoms with Gasteiger partial charge in [-0.25, -0.2) is 9.97 Å². The lowest BCUT2D eigenvalue weighted by atomic mass is 9.99. The number of nitrogens with zero attached hydrogens (tertiary/aromatic N) is 5. The highest BCUT2D eigenvalue weighted by molar-refractivity contribution is 6.12. The van der Waals surface area contributed by atoms with Crippen LogP contribution < -0.4 is 0 Å². The molecule has 0 spiro atoms. The van der Waals surface area contributed by atoms with Crippen molar-refractivity contribution in [2.24, 2.45) is 0 Å². The van der Waals surface area contributed by atoms with Crippen molar-refractivity contribution in [1.29, 1.82) is 5.26 Å². The van der Waals surface area contributed by atoms with Crippen LogP contribution in [0.1, 0.15) is 5.56 Å². The van der Waals surface area contributed by atoms with Gasteiger partial charge >= 0.3 is 0 Å². The Kier molecular flexibility index (Phi) is 6.80. The van der Waals surface area contributed by atoms with Gasteiger partial charge in [-0.3, -0.25) is 0 Å². The summed E-state index contributed by atoms with van der Waals surface area (Å²) in [4.78, 5) is 9.99. The number of rotatable bonds is 5. The van der Waals surface area contributed by atoms with Gasteiger partial charge < -0.3 is 9.13 Å². The summed E-state index contributed by atoms with van der Waals surface area (Å²) >= 11 is 0. The molecule has 0 saturated heterocycles. The van der Waals surface area contributed by atoms with Gasteiger partial charge in [-0.15, -0.1) is 0 Å². The second kappa shape index (κ2) is 11.9. The number of benzene rings is 7. The number of fused-ring (bicyclic) bond motifs is 6. The van der Waals surface area contributed by atoms with E-state index in [1.165, 1.54) is 10.8 Å². The van der Waals surface area contributed by atoms with Gasteiger partial charge in [0.1, 0.15) is 5.52 Å². The number of aromatic nitrogens is 4. The van der Waals surface area contributed by atoms with Crippen LogP contribution in [0.15, 0.2) is 176 Å². The molecule has 5 nitrogen and oxygen atoms in total.